The summed E-state index contributed by atoms with van der Waals surface area (Å²) >= 11 is 0. The van der Waals surface area contributed by atoms with Gasteiger partial charge in [-0.2, -0.15) is 0 Å². The summed E-state index contributed by atoms with van der Waals surface area (Å²) in [6.07, 6.45) is 0.0645. The van der Waals surface area contributed by atoms with Crippen molar-refractivity contribution in [2.24, 2.45) is 5.14 Å². The number of benzene rings is 1. The Bertz CT molecular complexity index is 614. The van der Waals surface area contributed by atoms with Crippen LogP contribution in [0, 0.1) is 5.82 Å². The van der Waals surface area contributed by atoms with Crippen LogP contribution in [0.25, 0.3) is 0 Å². The van der Waals surface area contributed by atoms with Crippen LogP contribution in [0.3, 0.4) is 0 Å². The monoisotopic (exact) mass is 289 g/mol. The summed E-state index contributed by atoms with van der Waals surface area (Å²) in [5.41, 5.74) is -1.49. The fourth-order valence-corrected chi connectivity index (χ4v) is 2.94. The number of primary sulfonamides is 1. The van der Waals surface area contributed by atoms with Crippen LogP contribution in [0.1, 0.15) is 25.8 Å². The minimum absolute atomic E-state index is 0.0645. The molecule has 0 saturated heterocycles. The number of halogens is 1. The Morgan fingerprint density at radius 2 is 2.11 bits per heavy atom. The van der Waals surface area contributed by atoms with Crippen LogP contribution in [-0.2, 0) is 15.6 Å². The van der Waals surface area contributed by atoms with E-state index in [0.717, 1.165) is 12.1 Å². The van der Waals surface area contributed by atoms with Crippen LogP contribution in [0.4, 0.5) is 4.39 Å². The van der Waals surface area contributed by atoms with Gasteiger partial charge in [0.15, 0.2) is 0 Å². The number of rotatable bonds is 2. The molecule has 1 aromatic carbocycles. The second-order valence-corrected chi connectivity index (χ2v) is 7.27. The first-order valence-electron chi connectivity index (χ1n) is 5.77. The molecule has 7 heteroatoms. The molecule has 1 unspecified atom stereocenters. The van der Waals surface area contributed by atoms with Crippen molar-refractivity contribution < 1.29 is 22.7 Å². The van der Waals surface area contributed by atoms with E-state index in [2.05, 4.69) is 0 Å². The zero-order valence-electron chi connectivity index (χ0n) is 10.7. The molecule has 1 atom stereocenters. The second kappa shape index (κ2) is 4.16. The van der Waals surface area contributed by atoms with Crippen molar-refractivity contribution in [3.05, 3.63) is 29.6 Å². The normalized spacial score (nSPS) is 23.6. The molecule has 1 aliphatic rings. The molecule has 0 fully saturated rings. The lowest BCUT2D eigenvalue weighted by molar-refractivity contribution is -0.0317. The van der Waals surface area contributed by atoms with Crippen LogP contribution < -0.4 is 9.88 Å². The maximum Gasteiger partial charge on any atom is 0.217 e. The Hall–Kier alpha value is -1.18. The van der Waals surface area contributed by atoms with E-state index in [1.54, 1.807) is 0 Å². The number of hydrogen-bond acceptors (Lipinski definition) is 4. The maximum atomic E-state index is 13.2. The van der Waals surface area contributed by atoms with E-state index in [1.165, 1.54) is 19.9 Å². The van der Waals surface area contributed by atoms with Gasteiger partial charge in [-0.3, -0.25) is 0 Å². The van der Waals surface area contributed by atoms with E-state index in [9.17, 15) is 17.9 Å². The Labute approximate surface area is 111 Å². The van der Waals surface area contributed by atoms with Gasteiger partial charge in [-0.1, -0.05) is 0 Å². The number of nitrogens with two attached hydrogens (primary N) is 1. The van der Waals surface area contributed by atoms with E-state index in [-0.39, 0.29) is 24.3 Å². The van der Waals surface area contributed by atoms with Crippen molar-refractivity contribution in [1.82, 2.24) is 0 Å². The van der Waals surface area contributed by atoms with Gasteiger partial charge in [0.1, 0.15) is 21.9 Å². The van der Waals surface area contributed by atoms with Crippen LogP contribution >= 0.6 is 0 Å². The Morgan fingerprint density at radius 1 is 1.47 bits per heavy atom. The van der Waals surface area contributed by atoms with Crippen molar-refractivity contribution in [1.29, 1.82) is 0 Å². The zero-order chi connectivity index (χ0) is 14.5. The lowest BCUT2D eigenvalue weighted by Crippen LogP contribution is -2.57. The molecule has 3 N–H and O–H groups in total. The van der Waals surface area contributed by atoms with Gasteiger partial charge in [0.2, 0.25) is 10.0 Å². The third-order valence-corrected chi connectivity index (χ3v) is 5.58. The van der Waals surface area contributed by atoms with Crippen LogP contribution in [0.2, 0.25) is 0 Å². The average Bonchev–Trinajstić information content (AvgIpc) is 2.27. The van der Waals surface area contributed by atoms with Crippen molar-refractivity contribution >= 4 is 10.0 Å². The molecule has 1 aliphatic heterocycles. The molecular formula is C12H16FNO4S. The minimum Gasteiger partial charge on any atom is -0.493 e. The minimum atomic E-state index is -4.01. The van der Waals surface area contributed by atoms with Gasteiger partial charge in [0, 0.05) is 18.1 Å². The van der Waals surface area contributed by atoms with E-state index < -0.39 is 26.2 Å². The average molecular weight is 289 g/mol. The van der Waals surface area contributed by atoms with Crippen LogP contribution in [0.5, 0.6) is 5.75 Å². The van der Waals surface area contributed by atoms with Gasteiger partial charge < -0.3 is 9.84 Å². The molecule has 0 radical (unpaired) electrons. The molecule has 0 spiro atoms. The molecule has 1 aromatic rings. The summed E-state index contributed by atoms with van der Waals surface area (Å²) in [6.45, 7) is 2.79. The van der Waals surface area contributed by atoms with E-state index in [4.69, 9.17) is 9.88 Å². The first-order chi connectivity index (χ1) is 8.59. The van der Waals surface area contributed by atoms with Crippen LogP contribution in [-0.4, -0.2) is 24.9 Å². The molecule has 0 amide bonds. The van der Waals surface area contributed by atoms with E-state index >= 15 is 0 Å². The fourth-order valence-electron chi connectivity index (χ4n) is 2.26. The quantitative estimate of drug-likeness (QED) is 0.845. The largest absolute Gasteiger partial charge is 0.493 e. The zero-order valence-corrected chi connectivity index (χ0v) is 11.5. The van der Waals surface area contributed by atoms with E-state index in [0.29, 0.717) is 0 Å². The van der Waals surface area contributed by atoms with Crippen LogP contribution in [0.15, 0.2) is 18.2 Å². The lowest BCUT2D eigenvalue weighted by atomic mass is 9.78. The molecule has 0 aromatic heterocycles. The molecule has 0 bridgehead atoms. The third-order valence-electron chi connectivity index (χ3n) is 3.82. The summed E-state index contributed by atoms with van der Waals surface area (Å²) in [5.74, 6) is -0.373. The first kappa shape index (κ1) is 14.2. The summed E-state index contributed by atoms with van der Waals surface area (Å²) in [5, 5.41) is 16.0. The number of ether oxygens (including phenoxy) is 1. The lowest BCUT2D eigenvalue weighted by Gasteiger charge is -2.44. The predicted molar refractivity (Wildman–Crippen MR) is 67.6 cm³/mol. The highest BCUT2D eigenvalue weighted by Crippen LogP contribution is 2.46. The third kappa shape index (κ3) is 2.01. The Balaban J connectivity index is 2.66. The van der Waals surface area contributed by atoms with Gasteiger partial charge in [0.25, 0.3) is 0 Å². The molecule has 0 aliphatic carbocycles. The van der Waals surface area contributed by atoms with Gasteiger partial charge in [-0.05, 0) is 26.0 Å². The van der Waals surface area contributed by atoms with Crippen molar-refractivity contribution in [2.75, 3.05) is 6.61 Å². The highest BCUT2D eigenvalue weighted by atomic mass is 32.2. The van der Waals surface area contributed by atoms with Gasteiger partial charge >= 0.3 is 0 Å². The molecule has 2 rings (SSSR count). The van der Waals surface area contributed by atoms with Gasteiger partial charge in [-0.15, -0.1) is 0 Å². The van der Waals surface area contributed by atoms with Gasteiger partial charge in [0.05, 0.1) is 6.61 Å². The van der Waals surface area contributed by atoms with Crippen molar-refractivity contribution in [2.45, 2.75) is 30.6 Å². The molecular weight excluding hydrogens is 273 g/mol. The molecule has 106 valence electrons. The van der Waals surface area contributed by atoms with Crippen molar-refractivity contribution in [3.63, 3.8) is 0 Å². The molecule has 19 heavy (non-hydrogen) atoms. The molecule has 0 saturated carbocycles. The number of fused-ring (bicyclic) bond motifs is 1. The molecule has 5 nitrogen and oxygen atoms in total. The first-order valence-corrected chi connectivity index (χ1v) is 7.32. The number of sulfonamides is 1. The standard InChI is InChI=1S/C12H16FNO4S/c1-11(2,19(14,16)17)12(15)5-6-18-10-7-8(13)3-4-9(10)12/h3-4,7,15H,5-6H2,1-2H3,(H2,14,16,17). The molecule has 1 heterocycles. The highest BCUT2D eigenvalue weighted by molar-refractivity contribution is 7.90. The second-order valence-electron chi connectivity index (χ2n) is 5.15. The number of hydrogen-bond donors (Lipinski definition) is 2. The highest BCUT2D eigenvalue weighted by Gasteiger charge is 2.54. The summed E-state index contributed by atoms with van der Waals surface area (Å²) < 4.78 is 40.3. The number of aliphatic hydroxyl groups is 1. The SMILES string of the molecule is CC(C)(C1(O)CCOc2cc(F)ccc21)S(N)(=O)=O. The topological polar surface area (TPSA) is 89.6 Å². The van der Waals surface area contributed by atoms with E-state index in [1.807, 2.05) is 0 Å². The summed E-state index contributed by atoms with van der Waals surface area (Å²) in [4.78, 5) is 0. The Kier molecular flexibility index (Phi) is 3.11. The fraction of sp³-hybridized carbons (Fsp3) is 0.500. The maximum absolute atomic E-state index is 13.2. The summed E-state index contributed by atoms with van der Waals surface area (Å²) in [7, 11) is -4.01. The smallest absolute Gasteiger partial charge is 0.217 e. The van der Waals surface area contributed by atoms with Gasteiger partial charge in [-0.25, -0.2) is 17.9 Å². The Morgan fingerprint density at radius 3 is 2.68 bits per heavy atom. The summed E-state index contributed by atoms with van der Waals surface area (Å²) in [6, 6.07) is 3.60. The predicted octanol–water partition coefficient (Wildman–Crippen LogP) is 0.863. The van der Waals surface area contributed by atoms with Crippen molar-refractivity contribution in [3.8, 4) is 5.75 Å².